The number of carboxylic acids is 1. The van der Waals surface area contributed by atoms with Crippen LogP contribution in [0.4, 0.5) is 0 Å². The summed E-state index contributed by atoms with van der Waals surface area (Å²) in [6.45, 7) is 7.44. The van der Waals surface area contributed by atoms with Gasteiger partial charge in [0.25, 0.3) is 0 Å². The fourth-order valence-electron chi connectivity index (χ4n) is 4.40. The van der Waals surface area contributed by atoms with Crippen LogP contribution >= 0.6 is 19.8 Å². The van der Waals surface area contributed by atoms with E-state index in [0.717, 1.165) is 31.4 Å². The Balaban J connectivity index is 4.72. The number of carboxylic acid groups (broad SMARTS) is 1. The van der Waals surface area contributed by atoms with Gasteiger partial charge in [-0.05, 0) is 36.5 Å². The first-order valence-corrected chi connectivity index (χ1v) is 17.4. The second-order valence-electron chi connectivity index (χ2n) is 10.3. The number of thioether (sulfide) groups is 1. The summed E-state index contributed by atoms with van der Waals surface area (Å²) in [4.78, 5) is 12.1. The van der Waals surface area contributed by atoms with Crippen LogP contribution in [-0.4, -0.2) is 51.8 Å². The minimum atomic E-state index is -2.71. The van der Waals surface area contributed by atoms with E-state index in [0.29, 0.717) is 6.42 Å². The Morgan fingerprint density at radius 3 is 1.76 bits per heavy atom. The maximum absolute atomic E-state index is 12.7. The Hall–Kier alpha value is -0.200. The average molecular weight is 566 g/mol. The van der Waals surface area contributed by atoms with E-state index < -0.39 is 32.1 Å². The van der Waals surface area contributed by atoms with Crippen molar-refractivity contribution in [2.45, 2.75) is 160 Å². The van der Waals surface area contributed by atoms with Gasteiger partial charge in [0.05, 0.1) is 6.10 Å². The summed E-state index contributed by atoms with van der Waals surface area (Å²) in [5.74, 6) is -0.432. The lowest BCUT2D eigenvalue weighted by atomic mass is 10.1. The first-order valence-electron chi connectivity index (χ1n) is 15.1. The van der Waals surface area contributed by atoms with E-state index in [1.807, 2.05) is 25.6 Å². The molecule has 0 spiro atoms. The number of hydrogen-bond acceptors (Lipinski definition) is 6. The van der Waals surface area contributed by atoms with Crippen LogP contribution in [0.2, 0.25) is 0 Å². The molecule has 0 aromatic carbocycles. The van der Waals surface area contributed by atoms with E-state index >= 15 is 0 Å². The molecular formula is C29H58O6PS+. The van der Waals surface area contributed by atoms with Crippen molar-refractivity contribution in [3.63, 3.8) is 0 Å². The molecule has 0 fully saturated rings. The number of rotatable bonds is 28. The number of aliphatic hydroxyl groups is 1. The number of unbranched alkanes of at least 4 members (excludes halogenated alkanes) is 14. The molecule has 0 heterocycles. The summed E-state index contributed by atoms with van der Waals surface area (Å²) in [6.07, 6.45) is 21.3. The highest BCUT2D eigenvalue weighted by molar-refractivity contribution is 7.99. The van der Waals surface area contributed by atoms with Crippen molar-refractivity contribution in [2.24, 2.45) is 0 Å². The zero-order chi connectivity index (χ0) is 27.8. The van der Waals surface area contributed by atoms with Crippen molar-refractivity contribution < 1.29 is 28.8 Å². The first-order chi connectivity index (χ1) is 17.9. The van der Waals surface area contributed by atoms with Crippen molar-refractivity contribution in [3.05, 3.63) is 0 Å². The average Bonchev–Trinajstić information content (AvgIpc) is 2.89. The SMILES string of the molecule is CCCCCCCCCCCCCSC(CCCCCCC)C(C)OC(CO)(C(=O)O)[P+](=O)OCCC. The number of carbonyl (C=O) groups is 1. The third-order valence-electron chi connectivity index (χ3n) is 6.83. The predicted molar refractivity (Wildman–Crippen MR) is 158 cm³/mol. The van der Waals surface area contributed by atoms with E-state index in [9.17, 15) is 19.6 Å². The van der Waals surface area contributed by atoms with Gasteiger partial charge in [-0.2, -0.15) is 11.8 Å². The van der Waals surface area contributed by atoms with Crippen LogP contribution in [0.25, 0.3) is 0 Å². The molecular weight excluding hydrogens is 507 g/mol. The van der Waals surface area contributed by atoms with Gasteiger partial charge in [0, 0.05) is 5.25 Å². The minimum Gasteiger partial charge on any atom is -0.476 e. The molecule has 220 valence electrons. The molecule has 0 rings (SSSR count). The van der Waals surface area contributed by atoms with Crippen molar-refractivity contribution in [1.29, 1.82) is 0 Å². The van der Waals surface area contributed by atoms with Crippen LogP contribution in [0, 0.1) is 0 Å². The molecule has 0 amide bonds. The topological polar surface area (TPSA) is 93.1 Å². The lowest BCUT2D eigenvalue weighted by Gasteiger charge is -2.28. The third kappa shape index (κ3) is 17.2. The summed E-state index contributed by atoms with van der Waals surface area (Å²) in [5.41, 5.74) is 0. The first kappa shape index (κ1) is 36.8. The van der Waals surface area contributed by atoms with E-state index in [1.165, 1.54) is 83.5 Å². The molecule has 4 unspecified atom stereocenters. The Bertz CT molecular complexity index is 565. The number of ether oxygens (including phenoxy) is 1. The predicted octanol–water partition coefficient (Wildman–Crippen LogP) is 9.11. The van der Waals surface area contributed by atoms with Gasteiger partial charge in [0.2, 0.25) is 0 Å². The van der Waals surface area contributed by atoms with Crippen molar-refractivity contribution in [3.8, 4) is 0 Å². The molecule has 0 saturated heterocycles. The van der Waals surface area contributed by atoms with Gasteiger partial charge >= 0.3 is 19.3 Å². The van der Waals surface area contributed by atoms with Crippen LogP contribution < -0.4 is 0 Å². The van der Waals surface area contributed by atoms with Gasteiger partial charge in [0.1, 0.15) is 13.2 Å². The Labute approximate surface area is 233 Å². The second kappa shape index (κ2) is 24.8. The number of aliphatic carboxylic acids is 1. The lowest BCUT2D eigenvalue weighted by molar-refractivity contribution is -0.164. The van der Waals surface area contributed by atoms with Gasteiger partial charge in [-0.1, -0.05) is 117 Å². The lowest BCUT2D eigenvalue weighted by Crippen LogP contribution is -2.46. The van der Waals surface area contributed by atoms with E-state index in [1.54, 1.807) is 0 Å². The van der Waals surface area contributed by atoms with Crippen molar-refractivity contribution >= 4 is 25.8 Å². The van der Waals surface area contributed by atoms with E-state index in [-0.39, 0.29) is 11.9 Å². The Morgan fingerprint density at radius 1 is 0.811 bits per heavy atom. The molecule has 8 heteroatoms. The van der Waals surface area contributed by atoms with Crippen LogP contribution in [0.15, 0.2) is 0 Å². The van der Waals surface area contributed by atoms with Gasteiger partial charge in [0.15, 0.2) is 0 Å². The standard InChI is InChI=1S/C29H57O6PS/c1-5-8-10-12-13-14-15-16-17-19-21-24-37-27(22-20-18-11-9-6-2)26(4)35-29(25-30,28(31)32)36(33)34-23-7-3/h26-27,30H,5-25H2,1-4H3/p+1. The van der Waals surface area contributed by atoms with Gasteiger partial charge < -0.3 is 14.9 Å². The van der Waals surface area contributed by atoms with Crippen LogP contribution in [-0.2, 0) is 18.6 Å². The Morgan fingerprint density at radius 2 is 1.30 bits per heavy atom. The zero-order valence-corrected chi connectivity index (χ0v) is 26.1. The summed E-state index contributed by atoms with van der Waals surface area (Å²) in [6, 6.07) is 0. The quantitative estimate of drug-likeness (QED) is 0.0721. The molecule has 2 N–H and O–H groups in total. The maximum atomic E-state index is 12.7. The highest BCUT2D eigenvalue weighted by atomic mass is 32.2. The molecule has 0 aromatic heterocycles. The molecule has 37 heavy (non-hydrogen) atoms. The van der Waals surface area contributed by atoms with Crippen LogP contribution in [0.1, 0.15) is 143 Å². The van der Waals surface area contributed by atoms with Crippen LogP contribution in [0.5, 0.6) is 0 Å². The van der Waals surface area contributed by atoms with Crippen molar-refractivity contribution in [1.82, 2.24) is 0 Å². The summed E-state index contributed by atoms with van der Waals surface area (Å²) in [7, 11) is -2.71. The summed E-state index contributed by atoms with van der Waals surface area (Å²) < 4.78 is 23.9. The zero-order valence-electron chi connectivity index (χ0n) is 24.4. The monoisotopic (exact) mass is 565 g/mol. The molecule has 6 nitrogen and oxygen atoms in total. The van der Waals surface area contributed by atoms with Gasteiger partial charge in [-0.25, -0.2) is 4.79 Å². The number of hydrogen-bond donors (Lipinski definition) is 2. The fraction of sp³-hybridized carbons (Fsp3) is 0.966. The smallest absolute Gasteiger partial charge is 0.476 e. The largest absolute Gasteiger partial charge is 0.559 e. The molecule has 4 atom stereocenters. The maximum Gasteiger partial charge on any atom is 0.559 e. The highest BCUT2D eigenvalue weighted by Crippen LogP contribution is 2.43. The normalized spacial score (nSPS) is 15.3. The Kier molecular flexibility index (Phi) is 24.7. The fourth-order valence-corrected chi connectivity index (χ4v) is 6.81. The summed E-state index contributed by atoms with van der Waals surface area (Å²) in [5, 5.41) is 17.6. The molecule has 0 bridgehead atoms. The van der Waals surface area contributed by atoms with Gasteiger partial charge in [-0.15, -0.1) is 4.52 Å². The van der Waals surface area contributed by atoms with E-state index in [2.05, 4.69) is 13.8 Å². The molecule has 0 saturated carbocycles. The molecule has 0 radical (unpaired) electrons. The van der Waals surface area contributed by atoms with Crippen molar-refractivity contribution in [2.75, 3.05) is 19.0 Å². The third-order valence-corrected chi connectivity index (χ3v) is 9.85. The molecule has 0 aliphatic carbocycles. The number of aliphatic hydroxyl groups excluding tert-OH is 1. The molecule has 0 aliphatic rings. The minimum absolute atomic E-state index is 0.0876. The molecule has 0 aromatic rings. The van der Waals surface area contributed by atoms with Crippen LogP contribution in [0.3, 0.4) is 0 Å². The van der Waals surface area contributed by atoms with E-state index in [4.69, 9.17) is 9.26 Å². The van der Waals surface area contributed by atoms with Gasteiger partial charge in [-0.3, -0.25) is 0 Å². The second-order valence-corrected chi connectivity index (χ2v) is 13.2. The summed E-state index contributed by atoms with van der Waals surface area (Å²) >= 11 is 1.83. The molecule has 0 aliphatic heterocycles. The highest BCUT2D eigenvalue weighted by Gasteiger charge is 2.62.